The Morgan fingerprint density at radius 2 is 2.08 bits per heavy atom. The van der Waals surface area contributed by atoms with E-state index in [9.17, 15) is 0 Å². The smallest absolute Gasteiger partial charge is 0.0577 e. The van der Waals surface area contributed by atoms with E-state index in [4.69, 9.17) is 0 Å². The lowest BCUT2D eigenvalue weighted by Gasteiger charge is -1.91. The number of aromatic nitrogens is 2. The molecule has 1 rings (SSSR count). The molecule has 0 saturated heterocycles. The van der Waals surface area contributed by atoms with Gasteiger partial charge < -0.3 is 0 Å². The van der Waals surface area contributed by atoms with Crippen molar-refractivity contribution in [2.45, 2.75) is 13.8 Å². The lowest BCUT2D eigenvalue weighted by Crippen LogP contribution is -2.27. The van der Waals surface area contributed by atoms with Gasteiger partial charge >= 0.3 is 0 Å². The molecule has 0 saturated carbocycles. The van der Waals surface area contributed by atoms with E-state index >= 15 is 0 Å². The van der Waals surface area contributed by atoms with Gasteiger partial charge in [-0.2, -0.15) is 10.2 Å². The fraction of sp³-hybridized carbons (Fsp3) is 0.200. The Kier molecular flexibility index (Phi) is 2.75. The van der Waals surface area contributed by atoms with E-state index in [1.165, 1.54) is 0 Å². The number of hydrogen-bond donors (Lipinski definition) is 0. The molecule has 0 N–H and O–H groups in total. The minimum absolute atomic E-state index is 1.10. The van der Waals surface area contributed by atoms with Crippen LogP contribution in [0.2, 0.25) is 0 Å². The zero-order chi connectivity index (χ0) is 8.97. The van der Waals surface area contributed by atoms with Crippen LogP contribution in [0.3, 0.4) is 0 Å². The Morgan fingerprint density at radius 1 is 1.42 bits per heavy atom. The van der Waals surface area contributed by atoms with E-state index in [1.54, 1.807) is 12.4 Å². The summed E-state index contributed by atoms with van der Waals surface area (Å²) in [6.07, 6.45) is 7.34. The van der Waals surface area contributed by atoms with Crippen molar-refractivity contribution in [2.24, 2.45) is 0 Å². The van der Waals surface area contributed by atoms with Crippen LogP contribution < -0.4 is 10.4 Å². The molecule has 0 aromatic carbocycles. The maximum Gasteiger partial charge on any atom is 0.0577 e. The standard InChI is InChI=1S/C10H12N2/c1-4-8(3)10-7-12-11-6-9(10)5-2/h4-7H,1H2,2-3H3/b9-5-,10-8-. The predicted octanol–water partition coefficient (Wildman–Crippen LogP) is 0.634. The van der Waals surface area contributed by atoms with Crippen LogP contribution in [0.15, 0.2) is 25.0 Å². The lowest BCUT2D eigenvalue weighted by molar-refractivity contribution is 1.00. The first-order valence-electron chi connectivity index (χ1n) is 3.86. The molecular weight excluding hydrogens is 148 g/mol. The second-order valence-corrected chi connectivity index (χ2v) is 2.53. The van der Waals surface area contributed by atoms with Crippen molar-refractivity contribution in [1.82, 2.24) is 10.2 Å². The highest BCUT2D eigenvalue weighted by atomic mass is 15.1. The van der Waals surface area contributed by atoms with Crippen LogP contribution in [-0.2, 0) is 0 Å². The maximum absolute atomic E-state index is 3.82. The fourth-order valence-electron chi connectivity index (χ4n) is 1.00. The van der Waals surface area contributed by atoms with E-state index in [0.29, 0.717) is 0 Å². The third-order valence-corrected chi connectivity index (χ3v) is 1.80. The Bertz CT molecular complexity index is 391. The summed E-state index contributed by atoms with van der Waals surface area (Å²) in [4.78, 5) is 0. The van der Waals surface area contributed by atoms with E-state index < -0.39 is 0 Å². The monoisotopic (exact) mass is 160 g/mol. The molecule has 1 aromatic rings. The van der Waals surface area contributed by atoms with Crippen LogP contribution >= 0.6 is 0 Å². The quantitative estimate of drug-likeness (QED) is 0.602. The fourth-order valence-corrected chi connectivity index (χ4v) is 1.00. The third kappa shape index (κ3) is 1.59. The van der Waals surface area contributed by atoms with Crippen LogP contribution in [0.4, 0.5) is 0 Å². The molecule has 0 aliphatic heterocycles. The van der Waals surface area contributed by atoms with Gasteiger partial charge in [-0.25, -0.2) is 0 Å². The molecule has 0 spiro atoms. The van der Waals surface area contributed by atoms with E-state index in [2.05, 4.69) is 16.8 Å². The van der Waals surface area contributed by atoms with Crippen LogP contribution in [0.25, 0.3) is 11.6 Å². The van der Waals surface area contributed by atoms with Crippen molar-refractivity contribution in [3.8, 4) is 0 Å². The SMILES string of the molecule is C=C/C(C)=c1/cnnc/c1=C/C. The molecule has 12 heavy (non-hydrogen) atoms. The first-order chi connectivity index (χ1) is 5.79. The van der Waals surface area contributed by atoms with Gasteiger partial charge in [0.1, 0.15) is 0 Å². The zero-order valence-corrected chi connectivity index (χ0v) is 7.41. The van der Waals surface area contributed by atoms with Gasteiger partial charge in [-0.3, -0.25) is 0 Å². The average Bonchev–Trinajstić information content (AvgIpc) is 2.16. The Balaban J connectivity index is 3.65. The molecule has 1 aromatic heterocycles. The molecule has 0 radical (unpaired) electrons. The summed E-state index contributed by atoms with van der Waals surface area (Å²) in [5, 5.41) is 9.83. The number of allylic oxidation sites excluding steroid dienone is 1. The third-order valence-electron chi connectivity index (χ3n) is 1.80. The molecule has 2 nitrogen and oxygen atoms in total. The Labute approximate surface area is 72.0 Å². The molecule has 0 atom stereocenters. The number of nitrogens with zero attached hydrogens (tertiary/aromatic N) is 2. The van der Waals surface area contributed by atoms with Gasteiger partial charge in [-0.1, -0.05) is 18.7 Å². The molecule has 0 aliphatic rings. The van der Waals surface area contributed by atoms with Gasteiger partial charge in [0.05, 0.1) is 12.4 Å². The van der Waals surface area contributed by atoms with Crippen LogP contribution in [0.5, 0.6) is 0 Å². The van der Waals surface area contributed by atoms with Crippen molar-refractivity contribution in [2.75, 3.05) is 0 Å². The highest BCUT2D eigenvalue weighted by Gasteiger charge is 1.87. The Morgan fingerprint density at radius 3 is 2.67 bits per heavy atom. The summed E-state index contributed by atoms with van der Waals surface area (Å²) in [7, 11) is 0. The van der Waals surface area contributed by atoms with Crippen LogP contribution in [0, 0.1) is 0 Å². The Hall–Kier alpha value is -1.44. The van der Waals surface area contributed by atoms with Gasteiger partial charge in [0.25, 0.3) is 0 Å². The highest BCUT2D eigenvalue weighted by molar-refractivity contribution is 5.52. The number of rotatable bonds is 1. The van der Waals surface area contributed by atoms with Crippen LogP contribution in [-0.4, -0.2) is 10.2 Å². The predicted molar refractivity (Wildman–Crippen MR) is 50.7 cm³/mol. The topological polar surface area (TPSA) is 25.8 Å². The minimum Gasteiger partial charge on any atom is -0.159 e. The molecular formula is C10H12N2. The van der Waals surface area contributed by atoms with E-state index in [1.807, 2.05) is 26.0 Å². The first kappa shape index (κ1) is 8.65. The second-order valence-electron chi connectivity index (χ2n) is 2.53. The molecule has 0 fully saturated rings. The lowest BCUT2D eigenvalue weighted by atomic mass is 10.2. The van der Waals surface area contributed by atoms with Gasteiger partial charge in [-0.15, -0.1) is 0 Å². The summed E-state index contributed by atoms with van der Waals surface area (Å²) in [6, 6.07) is 0. The van der Waals surface area contributed by atoms with Crippen molar-refractivity contribution in [3.63, 3.8) is 0 Å². The molecule has 1 heterocycles. The molecule has 62 valence electrons. The molecule has 0 amide bonds. The second kappa shape index (κ2) is 3.81. The minimum atomic E-state index is 1.10. The molecule has 0 bridgehead atoms. The summed E-state index contributed by atoms with van der Waals surface area (Å²) in [5.41, 5.74) is 1.12. The zero-order valence-electron chi connectivity index (χ0n) is 7.41. The highest BCUT2D eigenvalue weighted by Crippen LogP contribution is 1.86. The summed E-state index contributed by atoms with van der Waals surface area (Å²) < 4.78 is 0. The maximum atomic E-state index is 3.82. The summed E-state index contributed by atoms with van der Waals surface area (Å²) in [5.74, 6) is 0. The van der Waals surface area contributed by atoms with Crippen molar-refractivity contribution in [3.05, 3.63) is 35.5 Å². The van der Waals surface area contributed by atoms with Crippen molar-refractivity contribution >= 4 is 11.6 Å². The van der Waals surface area contributed by atoms with Gasteiger partial charge in [0.15, 0.2) is 0 Å². The summed E-state index contributed by atoms with van der Waals surface area (Å²) in [6.45, 7) is 7.71. The summed E-state index contributed by atoms with van der Waals surface area (Å²) >= 11 is 0. The number of hydrogen-bond acceptors (Lipinski definition) is 2. The molecule has 0 aliphatic carbocycles. The van der Waals surface area contributed by atoms with Gasteiger partial charge in [0.2, 0.25) is 0 Å². The van der Waals surface area contributed by atoms with E-state index in [-0.39, 0.29) is 0 Å². The molecule has 0 unspecified atom stereocenters. The van der Waals surface area contributed by atoms with Gasteiger partial charge in [-0.05, 0) is 24.6 Å². The normalized spacial score (nSPS) is 14.3. The van der Waals surface area contributed by atoms with Gasteiger partial charge in [0, 0.05) is 5.22 Å². The average molecular weight is 160 g/mol. The molecule has 2 heteroatoms. The van der Waals surface area contributed by atoms with Crippen LogP contribution in [0.1, 0.15) is 13.8 Å². The first-order valence-corrected chi connectivity index (χ1v) is 3.86. The van der Waals surface area contributed by atoms with Crippen molar-refractivity contribution < 1.29 is 0 Å². The largest absolute Gasteiger partial charge is 0.159 e. The van der Waals surface area contributed by atoms with Crippen molar-refractivity contribution in [1.29, 1.82) is 0 Å². The van der Waals surface area contributed by atoms with E-state index in [0.717, 1.165) is 16.0 Å².